The number of piperazine rings is 1. The van der Waals surface area contributed by atoms with Crippen molar-refractivity contribution >= 4 is 28.5 Å². The third-order valence-corrected chi connectivity index (χ3v) is 5.41. The number of amidine groups is 1. The van der Waals surface area contributed by atoms with Crippen molar-refractivity contribution in [3.63, 3.8) is 0 Å². The van der Waals surface area contributed by atoms with Crippen molar-refractivity contribution in [2.45, 2.75) is 12.2 Å². The van der Waals surface area contributed by atoms with Crippen LogP contribution < -0.4 is 0 Å². The third-order valence-electron chi connectivity index (χ3n) is 4.26. The van der Waals surface area contributed by atoms with Crippen molar-refractivity contribution in [1.29, 1.82) is 0 Å². The van der Waals surface area contributed by atoms with Gasteiger partial charge < -0.3 is 14.2 Å². The van der Waals surface area contributed by atoms with Gasteiger partial charge in [-0.05, 0) is 12.1 Å². The van der Waals surface area contributed by atoms with E-state index in [4.69, 9.17) is 0 Å². The molecule has 6 nitrogen and oxygen atoms in total. The summed E-state index contributed by atoms with van der Waals surface area (Å²) in [6.45, 7) is 6.32. The Morgan fingerprint density at radius 3 is 2.83 bits per heavy atom. The number of pyridine rings is 1. The highest BCUT2D eigenvalue weighted by atomic mass is 32.2. The summed E-state index contributed by atoms with van der Waals surface area (Å²) < 4.78 is 1.88. The normalized spacial score (nSPS) is 21.8. The van der Waals surface area contributed by atoms with Crippen molar-refractivity contribution in [3.05, 3.63) is 36.3 Å². The highest BCUT2D eigenvalue weighted by molar-refractivity contribution is 8.14. The van der Waals surface area contributed by atoms with E-state index < -0.39 is 0 Å². The zero-order chi connectivity index (χ0) is 15.8. The number of nitrogens with zero attached hydrogens (tertiary/aromatic N) is 5. The fraction of sp³-hybridized carbons (Fsp3) is 0.438. The molecule has 1 amide bonds. The molecule has 0 saturated carbocycles. The Hall–Kier alpha value is -2.02. The van der Waals surface area contributed by atoms with Gasteiger partial charge >= 0.3 is 0 Å². The molecule has 120 valence electrons. The number of aliphatic imine (C=N–C) groups is 1. The molecule has 23 heavy (non-hydrogen) atoms. The summed E-state index contributed by atoms with van der Waals surface area (Å²) in [5, 5.41) is 1.72. The largest absolute Gasteiger partial charge is 0.348 e. The number of carbonyl (C=O) groups is 1. The molecule has 0 unspecified atom stereocenters. The van der Waals surface area contributed by atoms with Gasteiger partial charge in [-0.3, -0.25) is 9.79 Å². The van der Waals surface area contributed by atoms with Gasteiger partial charge in [-0.15, -0.1) is 0 Å². The van der Waals surface area contributed by atoms with Crippen molar-refractivity contribution in [2.24, 2.45) is 4.99 Å². The number of rotatable bonds is 1. The quantitative estimate of drug-likeness (QED) is 0.797. The van der Waals surface area contributed by atoms with E-state index >= 15 is 0 Å². The standard InChI is InChI=1S/C16H19N5OS/c1-12-10-18-16(23-12)20-8-6-19(7-9-20)15(22)13-2-3-14-17-4-5-21(14)11-13/h2-5,11-12H,6-10H2,1H3/t12-/m1/s1. The molecule has 4 rings (SSSR count). The maximum atomic E-state index is 12.7. The molecule has 7 heteroatoms. The van der Waals surface area contributed by atoms with Gasteiger partial charge in [0, 0.05) is 50.0 Å². The summed E-state index contributed by atoms with van der Waals surface area (Å²) in [5.74, 6) is 0.0923. The number of hydrogen-bond acceptors (Lipinski definition) is 5. The molecule has 0 aliphatic carbocycles. The Morgan fingerprint density at radius 2 is 2.09 bits per heavy atom. The first-order valence-electron chi connectivity index (χ1n) is 7.89. The lowest BCUT2D eigenvalue weighted by Gasteiger charge is -2.35. The number of hydrogen-bond donors (Lipinski definition) is 0. The first-order valence-corrected chi connectivity index (χ1v) is 8.77. The van der Waals surface area contributed by atoms with E-state index in [1.54, 1.807) is 6.20 Å². The second-order valence-corrected chi connectivity index (χ2v) is 7.35. The number of aromatic nitrogens is 2. The molecule has 0 N–H and O–H groups in total. The molecule has 2 aliphatic rings. The zero-order valence-electron chi connectivity index (χ0n) is 13.1. The van der Waals surface area contributed by atoms with Gasteiger partial charge in [0.2, 0.25) is 0 Å². The van der Waals surface area contributed by atoms with E-state index in [0.717, 1.165) is 43.5 Å². The smallest absolute Gasteiger partial charge is 0.255 e. The monoisotopic (exact) mass is 329 g/mol. The molecular formula is C16H19N5OS. The molecule has 0 bridgehead atoms. The Labute approximate surface area is 139 Å². The Bertz CT molecular complexity index is 763. The van der Waals surface area contributed by atoms with E-state index in [1.165, 1.54) is 0 Å². The van der Waals surface area contributed by atoms with Gasteiger partial charge in [-0.1, -0.05) is 18.7 Å². The lowest BCUT2D eigenvalue weighted by Crippen LogP contribution is -2.49. The van der Waals surface area contributed by atoms with Crippen molar-refractivity contribution in [1.82, 2.24) is 19.2 Å². The molecule has 0 radical (unpaired) electrons. The van der Waals surface area contributed by atoms with Crippen LogP contribution in [0.2, 0.25) is 0 Å². The average molecular weight is 329 g/mol. The maximum Gasteiger partial charge on any atom is 0.255 e. The van der Waals surface area contributed by atoms with Gasteiger partial charge in [0.1, 0.15) is 5.65 Å². The molecule has 0 spiro atoms. The molecule has 4 heterocycles. The Balaban J connectivity index is 1.42. The molecule has 0 aromatic carbocycles. The summed E-state index contributed by atoms with van der Waals surface area (Å²) in [4.78, 5) is 25.7. The maximum absolute atomic E-state index is 12.7. The highest BCUT2D eigenvalue weighted by Crippen LogP contribution is 2.23. The highest BCUT2D eigenvalue weighted by Gasteiger charge is 2.27. The summed E-state index contributed by atoms with van der Waals surface area (Å²) in [6.07, 6.45) is 5.46. The lowest BCUT2D eigenvalue weighted by molar-refractivity contribution is 0.0693. The van der Waals surface area contributed by atoms with Gasteiger partial charge in [0.25, 0.3) is 5.91 Å². The number of thioether (sulfide) groups is 1. The minimum absolute atomic E-state index is 0.0923. The van der Waals surface area contributed by atoms with Gasteiger partial charge in [-0.25, -0.2) is 4.98 Å². The second kappa shape index (κ2) is 5.88. The van der Waals surface area contributed by atoms with Crippen LogP contribution in [-0.4, -0.2) is 68.2 Å². The predicted molar refractivity (Wildman–Crippen MR) is 92.0 cm³/mol. The summed E-state index contributed by atoms with van der Waals surface area (Å²) >= 11 is 1.84. The number of fused-ring (bicyclic) bond motifs is 1. The van der Waals surface area contributed by atoms with Crippen LogP contribution in [0.4, 0.5) is 0 Å². The first kappa shape index (κ1) is 14.6. The van der Waals surface area contributed by atoms with E-state index in [2.05, 4.69) is 21.8 Å². The van der Waals surface area contributed by atoms with Crippen LogP contribution in [0.3, 0.4) is 0 Å². The van der Waals surface area contributed by atoms with E-state index in [-0.39, 0.29) is 5.91 Å². The molecule has 1 fully saturated rings. The number of imidazole rings is 1. The van der Waals surface area contributed by atoms with Crippen LogP contribution in [0.25, 0.3) is 5.65 Å². The lowest BCUT2D eigenvalue weighted by atomic mass is 10.2. The molecular weight excluding hydrogens is 310 g/mol. The van der Waals surface area contributed by atoms with Crippen LogP contribution >= 0.6 is 11.8 Å². The van der Waals surface area contributed by atoms with Crippen LogP contribution in [0.15, 0.2) is 35.7 Å². The Kier molecular flexibility index (Phi) is 3.72. The van der Waals surface area contributed by atoms with Gasteiger partial charge in [0.05, 0.1) is 12.1 Å². The molecule has 2 aromatic rings. The van der Waals surface area contributed by atoms with E-state index in [1.807, 2.05) is 45.6 Å². The first-order chi connectivity index (χ1) is 11.2. The Morgan fingerprint density at radius 1 is 1.26 bits per heavy atom. The fourth-order valence-electron chi connectivity index (χ4n) is 2.97. The fourth-order valence-corrected chi connectivity index (χ4v) is 3.96. The predicted octanol–water partition coefficient (Wildman–Crippen LogP) is 1.58. The van der Waals surface area contributed by atoms with Crippen LogP contribution in [0.1, 0.15) is 17.3 Å². The molecule has 1 saturated heterocycles. The van der Waals surface area contributed by atoms with E-state index in [9.17, 15) is 4.79 Å². The van der Waals surface area contributed by atoms with Crippen LogP contribution in [0.5, 0.6) is 0 Å². The summed E-state index contributed by atoms with van der Waals surface area (Å²) in [7, 11) is 0. The summed E-state index contributed by atoms with van der Waals surface area (Å²) in [5.41, 5.74) is 1.57. The second-order valence-electron chi connectivity index (χ2n) is 5.94. The van der Waals surface area contributed by atoms with Crippen molar-refractivity contribution in [3.8, 4) is 0 Å². The molecule has 2 aromatic heterocycles. The van der Waals surface area contributed by atoms with E-state index in [0.29, 0.717) is 10.8 Å². The molecule has 2 aliphatic heterocycles. The number of amides is 1. The SMILES string of the molecule is C[C@@H]1CN=C(N2CCN(C(=O)c3ccc4nccn4c3)CC2)S1. The topological polar surface area (TPSA) is 53.2 Å². The minimum atomic E-state index is 0.0923. The number of carbonyl (C=O) groups excluding carboxylic acids is 1. The zero-order valence-corrected chi connectivity index (χ0v) is 13.9. The van der Waals surface area contributed by atoms with Crippen LogP contribution in [0, 0.1) is 0 Å². The summed E-state index contributed by atoms with van der Waals surface area (Å²) in [6, 6.07) is 3.74. The van der Waals surface area contributed by atoms with Gasteiger partial charge in [0.15, 0.2) is 5.17 Å². The average Bonchev–Trinajstić information content (AvgIpc) is 3.22. The van der Waals surface area contributed by atoms with Crippen LogP contribution in [-0.2, 0) is 0 Å². The van der Waals surface area contributed by atoms with Gasteiger partial charge in [-0.2, -0.15) is 0 Å². The third kappa shape index (κ3) is 2.81. The van der Waals surface area contributed by atoms with Crippen molar-refractivity contribution in [2.75, 3.05) is 32.7 Å². The molecule has 1 atom stereocenters. The minimum Gasteiger partial charge on any atom is -0.348 e. The van der Waals surface area contributed by atoms with Crippen molar-refractivity contribution < 1.29 is 4.79 Å².